The van der Waals surface area contributed by atoms with E-state index in [1.807, 2.05) is 0 Å². The van der Waals surface area contributed by atoms with Crippen LogP contribution in [0.2, 0.25) is 0 Å². The standard InChI is InChI=1S/C10H22BO7P/c1-5(12)19(15,16)18-10(2,3)4-6-7(13)8(14)9(11)17-6/h5-9,12-14H,4,11H2,1-3H3,(H,15,16)/t5?,6-,7?,8+,9-/m1/s1. The third-order valence-electron chi connectivity index (χ3n) is 3.14. The molecule has 1 saturated heterocycles. The van der Waals surface area contributed by atoms with Gasteiger partial charge in [0.15, 0.2) is 5.85 Å². The molecule has 1 heterocycles. The van der Waals surface area contributed by atoms with Gasteiger partial charge in [-0.1, -0.05) is 0 Å². The van der Waals surface area contributed by atoms with E-state index in [4.69, 9.17) is 9.26 Å². The fourth-order valence-electron chi connectivity index (χ4n) is 2.06. The average molecular weight is 296 g/mol. The number of hydrogen-bond donors (Lipinski definition) is 4. The summed E-state index contributed by atoms with van der Waals surface area (Å²) in [6.07, 6.45) is -2.62. The molecule has 1 fully saturated rings. The van der Waals surface area contributed by atoms with Gasteiger partial charge in [0.25, 0.3) is 0 Å². The molecule has 1 aliphatic heterocycles. The van der Waals surface area contributed by atoms with Gasteiger partial charge in [0.05, 0.1) is 17.7 Å². The van der Waals surface area contributed by atoms with E-state index in [0.29, 0.717) is 0 Å². The molecule has 0 spiro atoms. The first kappa shape index (κ1) is 17.1. The Balaban J connectivity index is 2.68. The monoisotopic (exact) mass is 296 g/mol. The van der Waals surface area contributed by atoms with Gasteiger partial charge >= 0.3 is 7.60 Å². The van der Waals surface area contributed by atoms with Crippen molar-refractivity contribution in [3.63, 3.8) is 0 Å². The van der Waals surface area contributed by atoms with Crippen molar-refractivity contribution in [2.45, 2.75) is 63.0 Å². The van der Waals surface area contributed by atoms with Crippen molar-refractivity contribution >= 4 is 15.4 Å². The highest BCUT2D eigenvalue weighted by molar-refractivity contribution is 7.53. The molecular formula is C10H22BO7P. The van der Waals surface area contributed by atoms with E-state index in [1.54, 1.807) is 21.7 Å². The van der Waals surface area contributed by atoms with Crippen LogP contribution < -0.4 is 0 Å². The number of aliphatic hydroxyl groups is 3. The zero-order valence-electron chi connectivity index (χ0n) is 11.6. The summed E-state index contributed by atoms with van der Waals surface area (Å²) in [5, 5.41) is 28.6. The molecule has 3 unspecified atom stereocenters. The number of ether oxygens (including phenoxy) is 1. The first-order valence-electron chi connectivity index (χ1n) is 6.19. The molecule has 0 aliphatic carbocycles. The van der Waals surface area contributed by atoms with E-state index in [2.05, 4.69) is 0 Å². The molecule has 6 atom stereocenters. The van der Waals surface area contributed by atoms with Crippen LogP contribution in [-0.4, -0.2) is 63.8 Å². The molecule has 7 nitrogen and oxygen atoms in total. The largest absolute Gasteiger partial charge is 0.388 e. The minimum atomic E-state index is -4.14. The zero-order chi connectivity index (χ0) is 15.0. The third kappa shape index (κ3) is 4.26. The number of rotatable bonds is 5. The summed E-state index contributed by atoms with van der Waals surface area (Å²) >= 11 is 0. The van der Waals surface area contributed by atoms with Gasteiger partial charge in [-0.15, -0.1) is 0 Å². The molecule has 0 saturated carbocycles. The molecule has 1 aliphatic rings. The van der Waals surface area contributed by atoms with Gasteiger partial charge in [-0.3, -0.25) is 4.57 Å². The van der Waals surface area contributed by atoms with E-state index in [-0.39, 0.29) is 6.42 Å². The Bertz CT molecular complexity index is 362. The van der Waals surface area contributed by atoms with Gasteiger partial charge < -0.3 is 29.5 Å². The lowest BCUT2D eigenvalue weighted by Gasteiger charge is -2.31. The Morgan fingerprint density at radius 1 is 1.42 bits per heavy atom. The average Bonchev–Trinajstić information content (AvgIpc) is 2.43. The third-order valence-corrected chi connectivity index (χ3v) is 4.84. The van der Waals surface area contributed by atoms with E-state index in [0.717, 1.165) is 0 Å². The van der Waals surface area contributed by atoms with Crippen molar-refractivity contribution in [1.82, 2.24) is 0 Å². The van der Waals surface area contributed by atoms with Crippen LogP contribution in [0.3, 0.4) is 0 Å². The first-order chi connectivity index (χ1) is 8.46. The van der Waals surface area contributed by atoms with E-state index in [9.17, 15) is 24.8 Å². The second-order valence-electron chi connectivity index (χ2n) is 5.61. The quantitative estimate of drug-likeness (QED) is 0.371. The summed E-state index contributed by atoms with van der Waals surface area (Å²) in [4.78, 5) is 9.50. The van der Waals surface area contributed by atoms with Gasteiger partial charge in [-0.05, 0) is 20.8 Å². The maximum Gasteiger partial charge on any atom is 0.356 e. The molecular weight excluding hydrogens is 274 g/mol. The van der Waals surface area contributed by atoms with Crippen LogP contribution in [0.15, 0.2) is 0 Å². The van der Waals surface area contributed by atoms with Crippen LogP contribution >= 0.6 is 7.60 Å². The molecule has 112 valence electrons. The second-order valence-corrected chi connectivity index (χ2v) is 7.67. The van der Waals surface area contributed by atoms with Gasteiger partial charge in [0.1, 0.15) is 20.1 Å². The molecule has 0 aromatic carbocycles. The Morgan fingerprint density at radius 3 is 2.32 bits per heavy atom. The SMILES string of the molecule is B[C@@H]1O[C@H](CC(C)(C)OP(=O)(O)C(C)O)C(O)[C@@H]1O. The lowest BCUT2D eigenvalue weighted by atomic mass is 9.91. The van der Waals surface area contributed by atoms with Crippen molar-refractivity contribution in [1.29, 1.82) is 0 Å². The van der Waals surface area contributed by atoms with Gasteiger partial charge in [-0.2, -0.15) is 0 Å². The Labute approximate surface area is 113 Å². The van der Waals surface area contributed by atoms with E-state index < -0.39 is 43.4 Å². The molecule has 0 amide bonds. The molecule has 0 bridgehead atoms. The fraction of sp³-hybridized carbons (Fsp3) is 1.00. The smallest absolute Gasteiger partial charge is 0.356 e. The first-order valence-corrected chi connectivity index (χ1v) is 7.84. The molecule has 0 aromatic heterocycles. The zero-order valence-corrected chi connectivity index (χ0v) is 12.4. The lowest BCUT2D eigenvalue weighted by Crippen LogP contribution is -2.37. The predicted molar refractivity (Wildman–Crippen MR) is 70.5 cm³/mol. The van der Waals surface area contributed by atoms with Crippen LogP contribution in [0.25, 0.3) is 0 Å². The second kappa shape index (κ2) is 5.81. The highest BCUT2D eigenvalue weighted by Crippen LogP contribution is 2.50. The van der Waals surface area contributed by atoms with Crippen molar-refractivity contribution in [2.75, 3.05) is 0 Å². The summed E-state index contributed by atoms with van der Waals surface area (Å²) in [7, 11) is -2.50. The minimum absolute atomic E-state index is 0.118. The van der Waals surface area contributed by atoms with Crippen LogP contribution in [0.5, 0.6) is 0 Å². The van der Waals surface area contributed by atoms with Crippen LogP contribution in [0.4, 0.5) is 0 Å². The predicted octanol–water partition coefficient (Wildman–Crippen LogP) is -1.22. The topological polar surface area (TPSA) is 116 Å². The number of hydrogen-bond acceptors (Lipinski definition) is 6. The molecule has 1 rings (SSSR count). The van der Waals surface area contributed by atoms with Gasteiger partial charge in [-0.25, -0.2) is 0 Å². The van der Waals surface area contributed by atoms with Crippen LogP contribution in [0.1, 0.15) is 27.2 Å². The van der Waals surface area contributed by atoms with Gasteiger partial charge in [0, 0.05) is 6.42 Å². The maximum absolute atomic E-state index is 11.6. The maximum atomic E-state index is 11.6. The molecule has 9 heteroatoms. The van der Waals surface area contributed by atoms with Crippen LogP contribution in [-0.2, 0) is 13.8 Å². The summed E-state index contributed by atoms with van der Waals surface area (Å²) in [5.41, 5.74) is -1.09. The van der Waals surface area contributed by atoms with Gasteiger partial charge in [0.2, 0.25) is 0 Å². The molecule has 19 heavy (non-hydrogen) atoms. The fourth-order valence-corrected chi connectivity index (χ4v) is 2.99. The Morgan fingerprint density at radius 2 is 1.95 bits per heavy atom. The summed E-state index contributed by atoms with van der Waals surface area (Å²) in [5.74, 6) is -1.49. The minimum Gasteiger partial charge on any atom is -0.388 e. The lowest BCUT2D eigenvalue weighted by molar-refractivity contribution is -0.0310. The Kier molecular flexibility index (Phi) is 5.23. The highest BCUT2D eigenvalue weighted by atomic mass is 31.2. The molecule has 0 aromatic rings. The molecule has 4 N–H and O–H groups in total. The van der Waals surface area contributed by atoms with Crippen LogP contribution in [0, 0.1) is 0 Å². The van der Waals surface area contributed by atoms with Crippen molar-refractivity contribution in [3.05, 3.63) is 0 Å². The summed E-state index contributed by atoms with van der Waals surface area (Å²) < 4.78 is 22.1. The normalized spacial score (nSPS) is 37.0. The van der Waals surface area contributed by atoms with E-state index >= 15 is 0 Å². The van der Waals surface area contributed by atoms with E-state index in [1.165, 1.54) is 6.92 Å². The Hall–Kier alpha value is 0.0549. The number of aliphatic hydroxyl groups excluding tert-OH is 3. The molecule has 0 radical (unpaired) electrons. The van der Waals surface area contributed by atoms with Crippen molar-refractivity contribution < 1.29 is 34.0 Å². The summed E-state index contributed by atoms with van der Waals surface area (Å²) in [6, 6.07) is -0.506. The van der Waals surface area contributed by atoms with Crippen molar-refractivity contribution in [2.24, 2.45) is 0 Å². The highest BCUT2D eigenvalue weighted by Gasteiger charge is 2.44. The summed E-state index contributed by atoms with van der Waals surface area (Å²) in [6.45, 7) is 4.29. The van der Waals surface area contributed by atoms with Crippen molar-refractivity contribution in [3.8, 4) is 0 Å².